The minimum Gasteiger partial charge on any atom is -0.322 e. The Hall–Kier alpha value is -0.830. The van der Waals surface area contributed by atoms with Crippen molar-refractivity contribution in [3.63, 3.8) is 0 Å². The van der Waals surface area contributed by atoms with E-state index < -0.39 is 0 Å². The van der Waals surface area contributed by atoms with Crippen LogP contribution >= 0.6 is 11.6 Å². The fourth-order valence-corrected chi connectivity index (χ4v) is 0.890. The zero-order valence-electron chi connectivity index (χ0n) is 5.52. The monoisotopic (exact) mass is 158 g/mol. The van der Waals surface area contributed by atoms with Crippen molar-refractivity contribution in [3.05, 3.63) is 27.4 Å². The van der Waals surface area contributed by atoms with Gasteiger partial charge < -0.3 is 4.98 Å². The molecule has 4 heteroatoms. The third kappa shape index (κ3) is 1.36. The van der Waals surface area contributed by atoms with Crippen molar-refractivity contribution in [3.8, 4) is 0 Å². The van der Waals surface area contributed by atoms with Crippen LogP contribution in [0.25, 0.3) is 0 Å². The van der Waals surface area contributed by atoms with Crippen LogP contribution in [-0.2, 0) is 6.42 Å². The molecule has 0 amide bonds. The summed E-state index contributed by atoms with van der Waals surface area (Å²) in [7, 11) is 0. The third-order valence-corrected chi connectivity index (χ3v) is 1.50. The number of hydrogen-bond donors (Lipinski definition) is 1. The van der Waals surface area contributed by atoms with Crippen LogP contribution in [-0.4, -0.2) is 9.97 Å². The number of rotatable bonds is 1. The van der Waals surface area contributed by atoms with Crippen molar-refractivity contribution in [1.29, 1.82) is 0 Å². The summed E-state index contributed by atoms with van der Waals surface area (Å²) in [4.78, 5) is 16.9. The number of hydrogen-bond acceptors (Lipinski definition) is 2. The van der Waals surface area contributed by atoms with Gasteiger partial charge in [0.1, 0.15) is 5.15 Å². The van der Waals surface area contributed by atoms with Gasteiger partial charge in [0.15, 0.2) is 0 Å². The van der Waals surface area contributed by atoms with Crippen LogP contribution in [0, 0.1) is 0 Å². The summed E-state index contributed by atoms with van der Waals surface area (Å²) >= 11 is 5.62. The minimum atomic E-state index is -0.207. The van der Waals surface area contributed by atoms with Crippen molar-refractivity contribution < 1.29 is 0 Å². The van der Waals surface area contributed by atoms with E-state index in [9.17, 15) is 4.79 Å². The molecule has 1 heterocycles. The summed E-state index contributed by atoms with van der Waals surface area (Å²) in [5, 5.41) is 0.377. The Labute approximate surface area is 63.1 Å². The largest absolute Gasteiger partial charge is 0.322 e. The Morgan fingerprint density at radius 2 is 2.50 bits per heavy atom. The van der Waals surface area contributed by atoms with Gasteiger partial charge in [-0.1, -0.05) is 18.5 Å². The van der Waals surface area contributed by atoms with Crippen molar-refractivity contribution >= 4 is 11.6 Å². The molecule has 54 valence electrons. The Bertz CT molecular complexity index is 281. The number of aromatic nitrogens is 2. The van der Waals surface area contributed by atoms with Gasteiger partial charge in [0.05, 0.1) is 11.9 Å². The van der Waals surface area contributed by atoms with Gasteiger partial charge in [0.25, 0.3) is 5.56 Å². The van der Waals surface area contributed by atoms with Crippen LogP contribution in [0.2, 0.25) is 5.15 Å². The molecule has 1 N–H and O–H groups in total. The summed E-state index contributed by atoms with van der Waals surface area (Å²) in [5.41, 5.74) is 0.482. The first kappa shape index (κ1) is 7.28. The zero-order chi connectivity index (χ0) is 7.56. The Morgan fingerprint density at radius 3 is 3.00 bits per heavy atom. The van der Waals surface area contributed by atoms with Crippen LogP contribution < -0.4 is 5.56 Å². The lowest BCUT2D eigenvalue weighted by Crippen LogP contribution is -2.08. The lowest BCUT2D eigenvalue weighted by Gasteiger charge is -1.95. The summed E-state index contributed by atoms with van der Waals surface area (Å²) < 4.78 is 0. The molecule has 0 aliphatic carbocycles. The Kier molecular flexibility index (Phi) is 2.06. The van der Waals surface area contributed by atoms with E-state index in [1.807, 2.05) is 6.92 Å². The zero-order valence-corrected chi connectivity index (χ0v) is 6.27. The topological polar surface area (TPSA) is 45.8 Å². The summed E-state index contributed by atoms with van der Waals surface area (Å²) in [6.45, 7) is 1.90. The lowest BCUT2D eigenvalue weighted by molar-refractivity contribution is 0.974. The molecule has 0 atom stereocenters. The van der Waals surface area contributed by atoms with Gasteiger partial charge in [-0.05, 0) is 6.42 Å². The maximum absolute atomic E-state index is 10.6. The molecule has 0 fully saturated rings. The van der Waals surface area contributed by atoms with Gasteiger partial charge in [-0.2, -0.15) is 0 Å². The van der Waals surface area contributed by atoms with Crippen LogP contribution in [0.15, 0.2) is 11.0 Å². The molecule has 0 spiro atoms. The highest BCUT2D eigenvalue weighted by Gasteiger charge is 1.97. The standard InChI is InChI=1S/C6H7ClN2O/c1-2-4-6(7)8-3-5(10)9-4/h3H,2H2,1H3,(H,9,10). The number of H-pyrrole nitrogens is 1. The second kappa shape index (κ2) is 2.84. The second-order valence-electron chi connectivity index (χ2n) is 1.87. The predicted molar refractivity (Wildman–Crippen MR) is 39.2 cm³/mol. The van der Waals surface area contributed by atoms with E-state index >= 15 is 0 Å². The van der Waals surface area contributed by atoms with Gasteiger partial charge in [0.2, 0.25) is 0 Å². The number of nitrogens with one attached hydrogen (secondary N) is 1. The smallest absolute Gasteiger partial charge is 0.266 e. The average molecular weight is 159 g/mol. The summed E-state index contributed by atoms with van der Waals surface area (Å²) in [6.07, 6.45) is 1.86. The van der Waals surface area contributed by atoms with Gasteiger partial charge in [-0.15, -0.1) is 0 Å². The van der Waals surface area contributed by atoms with Crippen LogP contribution in [0.5, 0.6) is 0 Å². The molecule has 1 aromatic rings. The Morgan fingerprint density at radius 1 is 1.80 bits per heavy atom. The summed E-state index contributed by atoms with van der Waals surface area (Å²) in [6, 6.07) is 0. The fraction of sp³-hybridized carbons (Fsp3) is 0.333. The SMILES string of the molecule is CCc1[nH]c(=O)cnc1Cl. The quantitative estimate of drug-likeness (QED) is 0.663. The van der Waals surface area contributed by atoms with Gasteiger partial charge >= 0.3 is 0 Å². The first-order valence-electron chi connectivity index (χ1n) is 2.97. The number of aromatic amines is 1. The van der Waals surface area contributed by atoms with Crippen molar-refractivity contribution in [2.24, 2.45) is 0 Å². The normalized spacial score (nSPS) is 9.80. The molecule has 0 aromatic carbocycles. The van der Waals surface area contributed by atoms with Gasteiger partial charge in [0, 0.05) is 0 Å². The highest BCUT2D eigenvalue weighted by atomic mass is 35.5. The first-order chi connectivity index (χ1) is 4.74. The predicted octanol–water partition coefficient (Wildman–Crippen LogP) is 0.986. The van der Waals surface area contributed by atoms with Crippen molar-refractivity contribution in [1.82, 2.24) is 9.97 Å². The van der Waals surface area contributed by atoms with Crippen molar-refractivity contribution in [2.75, 3.05) is 0 Å². The Balaban J connectivity index is 3.22. The van der Waals surface area contributed by atoms with Crippen LogP contribution in [0.3, 0.4) is 0 Å². The molecule has 0 radical (unpaired) electrons. The minimum absolute atomic E-state index is 0.207. The van der Waals surface area contributed by atoms with Gasteiger partial charge in [-0.3, -0.25) is 4.79 Å². The van der Waals surface area contributed by atoms with E-state index in [0.717, 1.165) is 0 Å². The number of nitrogens with zero attached hydrogens (tertiary/aromatic N) is 1. The molecular weight excluding hydrogens is 152 g/mol. The van der Waals surface area contributed by atoms with Crippen molar-refractivity contribution in [2.45, 2.75) is 13.3 Å². The second-order valence-corrected chi connectivity index (χ2v) is 2.23. The third-order valence-electron chi connectivity index (χ3n) is 1.17. The molecular formula is C6H7ClN2O. The van der Waals surface area contributed by atoms with E-state index in [-0.39, 0.29) is 5.56 Å². The van der Waals surface area contributed by atoms with Crippen LogP contribution in [0.1, 0.15) is 12.6 Å². The average Bonchev–Trinajstić information content (AvgIpc) is 1.94. The molecule has 0 saturated carbocycles. The van der Waals surface area contributed by atoms with E-state index in [1.54, 1.807) is 0 Å². The highest BCUT2D eigenvalue weighted by Crippen LogP contribution is 2.06. The summed E-state index contributed by atoms with van der Waals surface area (Å²) in [5.74, 6) is 0. The molecule has 0 unspecified atom stereocenters. The molecule has 1 rings (SSSR count). The molecule has 0 bridgehead atoms. The van der Waals surface area contributed by atoms with E-state index in [2.05, 4.69) is 9.97 Å². The van der Waals surface area contributed by atoms with Crippen LogP contribution in [0.4, 0.5) is 0 Å². The van der Waals surface area contributed by atoms with E-state index in [4.69, 9.17) is 11.6 Å². The van der Waals surface area contributed by atoms with Gasteiger partial charge in [-0.25, -0.2) is 4.98 Å². The number of halogens is 1. The molecule has 0 aliphatic heterocycles. The number of aryl methyl sites for hydroxylation is 1. The fourth-order valence-electron chi connectivity index (χ4n) is 0.660. The molecule has 1 aromatic heterocycles. The van der Waals surface area contributed by atoms with E-state index in [0.29, 0.717) is 17.3 Å². The first-order valence-corrected chi connectivity index (χ1v) is 3.35. The molecule has 3 nitrogen and oxygen atoms in total. The molecule has 0 saturated heterocycles. The highest BCUT2D eigenvalue weighted by molar-refractivity contribution is 6.29. The molecule has 10 heavy (non-hydrogen) atoms. The lowest BCUT2D eigenvalue weighted by atomic mass is 10.4. The van der Waals surface area contributed by atoms with E-state index in [1.165, 1.54) is 6.20 Å². The maximum atomic E-state index is 10.6. The maximum Gasteiger partial charge on any atom is 0.266 e. The molecule has 0 aliphatic rings.